The van der Waals surface area contributed by atoms with E-state index < -0.39 is 0 Å². The van der Waals surface area contributed by atoms with Crippen molar-refractivity contribution in [2.24, 2.45) is 5.92 Å². The molecule has 8 heteroatoms. The summed E-state index contributed by atoms with van der Waals surface area (Å²) in [6.45, 7) is 7.50. The van der Waals surface area contributed by atoms with Crippen LogP contribution in [0, 0.1) is 19.8 Å². The molecule has 0 bridgehead atoms. The largest absolute Gasteiger partial charge is 0.352 e. The normalized spacial score (nSPS) is 15.2. The Morgan fingerprint density at radius 2 is 2.07 bits per heavy atom. The van der Waals surface area contributed by atoms with Crippen LogP contribution in [-0.4, -0.2) is 44.0 Å². The van der Waals surface area contributed by atoms with Gasteiger partial charge in [0.05, 0.1) is 18.0 Å². The lowest BCUT2D eigenvalue weighted by Gasteiger charge is -2.15. The van der Waals surface area contributed by atoms with Gasteiger partial charge in [-0.2, -0.15) is 5.10 Å². The molecule has 1 aromatic carbocycles. The summed E-state index contributed by atoms with van der Waals surface area (Å²) in [5.74, 6) is 0.0481. The highest BCUT2D eigenvalue weighted by atomic mass is 32.2. The van der Waals surface area contributed by atoms with Crippen LogP contribution in [0.4, 0.5) is 4.79 Å². The number of rotatable bonds is 7. The number of aromatic nitrogens is 2. The average Bonchev–Trinajstić information content (AvgIpc) is 3.14. The zero-order valence-electron chi connectivity index (χ0n) is 16.3. The zero-order chi connectivity index (χ0) is 20.3. The summed E-state index contributed by atoms with van der Waals surface area (Å²) in [4.78, 5) is 37.2. The average molecular weight is 401 g/mol. The lowest BCUT2D eigenvalue weighted by atomic mass is 10.1. The van der Waals surface area contributed by atoms with Gasteiger partial charge >= 0.3 is 0 Å². The number of hydrogen-bond acceptors (Lipinski definition) is 5. The van der Waals surface area contributed by atoms with Crippen molar-refractivity contribution in [3.63, 3.8) is 0 Å². The molecule has 0 aliphatic carbocycles. The fourth-order valence-corrected chi connectivity index (χ4v) is 3.84. The smallest absolute Gasteiger partial charge is 0.289 e. The van der Waals surface area contributed by atoms with Gasteiger partial charge in [0.1, 0.15) is 0 Å². The van der Waals surface area contributed by atoms with E-state index in [0.29, 0.717) is 12.1 Å². The first-order valence-electron chi connectivity index (χ1n) is 9.19. The minimum atomic E-state index is -0.238. The van der Waals surface area contributed by atoms with E-state index in [-0.39, 0.29) is 35.3 Å². The van der Waals surface area contributed by atoms with Crippen LogP contribution in [0.3, 0.4) is 0 Å². The molecule has 1 fully saturated rings. The van der Waals surface area contributed by atoms with Crippen molar-refractivity contribution in [3.8, 4) is 0 Å². The van der Waals surface area contributed by atoms with Crippen molar-refractivity contribution in [1.82, 2.24) is 20.0 Å². The Labute approximate surface area is 168 Å². The highest BCUT2D eigenvalue weighted by molar-refractivity contribution is 8.14. The Morgan fingerprint density at radius 3 is 2.71 bits per heavy atom. The molecular formula is C20H24N4O3S. The van der Waals surface area contributed by atoms with Gasteiger partial charge in [0.15, 0.2) is 0 Å². The molecule has 2 heterocycles. The van der Waals surface area contributed by atoms with Crippen LogP contribution in [0.1, 0.15) is 34.2 Å². The molecule has 1 aromatic heterocycles. The van der Waals surface area contributed by atoms with Crippen LogP contribution >= 0.6 is 11.8 Å². The molecule has 1 N–H and O–H groups in total. The lowest BCUT2D eigenvalue weighted by Crippen LogP contribution is -2.31. The molecule has 148 valence electrons. The van der Waals surface area contributed by atoms with Gasteiger partial charge < -0.3 is 5.32 Å². The summed E-state index contributed by atoms with van der Waals surface area (Å²) in [6, 6.07) is 9.07. The van der Waals surface area contributed by atoms with E-state index in [4.69, 9.17) is 0 Å². The molecule has 1 atom stereocenters. The maximum atomic E-state index is 12.5. The third-order valence-electron chi connectivity index (χ3n) is 4.57. The van der Waals surface area contributed by atoms with Crippen LogP contribution in [0.2, 0.25) is 0 Å². The molecule has 0 radical (unpaired) electrons. The summed E-state index contributed by atoms with van der Waals surface area (Å²) in [7, 11) is 0. The topological polar surface area (TPSA) is 84.3 Å². The van der Waals surface area contributed by atoms with Gasteiger partial charge in [-0.15, -0.1) is 0 Å². The molecule has 0 unspecified atom stereocenters. The van der Waals surface area contributed by atoms with Crippen molar-refractivity contribution in [3.05, 3.63) is 52.8 Å². The molecule has 28 heavy (non-hydrogen) atoms. The molecular weight excluding hydrogens is 376 g/mol. The fraction of sp³-hybridized carbons (Fsp3) is 0.400. The zero-order valence-corrected chi connectivity index (χ0v) is 17.1. The molecule has 7 nitrogen and oxygen atoms in total. The Bertz CT molecular complexity index is 893. The van der Waals surface area contributed by atoms with Crippen molar-refractivity contribution < 1.29 is 14.4 Å². The van der Waals surface area contributed by atoms with Gasteiger partial charge in [0, 0.05) is 24.3 Å². The van der Waals surface area contributed by atoms with Gasteiger partial charge in [0.25, 0.3) is 11.1 Å². The number of carbonyl (C=O) groups is 3. The fourth-order valence-electron chi connectivity index (χ4n) is 3.12. The van der Waals surface area contributed by atoms with Gasteiger partial charge in [0.2, 0.25) is 5.91 Å². The molecule has 1 saturated heterocycles. The number of benzene rings is 1. The standard InChI is InChI=1S/C20H24N4O3S/c1-13(10-24-15(3)7-14(2)22-24)9-21-19(26)17-6-4-5-16(8-17)11-23-18(25)12-28-20(23)27/h4-8,13H,9-12H2,1-3H3,(H,21,26)/t13-/m1/s1. The Balaban J connectivity index is 1.56. The van der Waals surface area contributed by atoms with E-state index in [1.807, 2.05) is 30.7 Å². The van der Waals surface area contributed by atoms with E-state index in [0.717, 1.165) is 35.3 Å². The molecule has 0 spiro atoms. The number of thioether (sulfide) groups is 1. The Morgan fingerprint density at radius 1 is 1.29 bits per heavy atom. The van der Waals surface area contributed by atoms with Crippen molar-refractivity contribution in [2.45, 2.75) is 33.9 Å². The first-order valence-corrected chi connectivity index (χ1v) is 10.2. The Kier molecular flexibility index (Phi) is 6.18. The highest BCUT2D eigenvalue weighted by Crippen LogP contribution is 2.21. The third-order valence-corrected chi connectivity index (χ3v) is 5.43. The van der Waals surface area contributed by atoms with Crippen LogP contribution in [0.5, 0.6) is 0 Å². The van der Waals surface area contributed by atoms with Gasteiger partial charge in [-0.3, -0.25) is 24.0 Å². The predicted molar refractivity (Wildman–Crippen MR) is 108 cm³/mol. The first kappa shape index (κ1) is 20.1. The number of hydrogen-bond donors (Lipinski definition) is 1. The molecule has 0 saturated carbocycles. The van der Waals surface area contributed by atoms with Crippen LogP contribution < -0.4 is 5.32 Å². The SMILES string of the molecule is Cc1cc(C)n(C[C@H](C)CNC(=O)c2cccc(CN3C(=O)CSC3=O)c2)n1. The predicted octanol–water partition coefficient (Wildman–Crippen LogP) is 2.76. The molecule has 1 aliphatic rings. The van der Waals surface area contributed by atoms with E-state index in [2.05, 4.69) is 17.3 Å². The van der Waals surface area contributed by atoms with E-state index in [9.17, 15) is 14.4 Å². The lowest BCUT2D eigenvalue weighted by molar-refractivity contribution is -0.125. The summed E-state index contributed by atoms with van der Waals surface area (Å²) in [6.07, 6.45) is 0. The third kappa shape index (κ3) is 4.81. The van der Waals surface area contributed by atoms with Crippen LogP contribution in [0.25, 0.3) is 0 Å². The van der Waals surface area contributed by atoms with Crippen molar-refractivity contribution >= 4 is 28.8 Å². The minimum Gasteiger partial charge on any atom is -0.352 e. The molecule has 3 amide bonds. The van der Waals surface area contributed by atoms with E-state index >= 15 is 0 Å². The summed E-state index contributed by atoms with van der Waals surface area (Å²) < 4.78 is 1.95. The van der Waals surface area contributed by atoms with Crippen LogP contribution in [0.15, 0.2) is 30.3 Å². The Hall–Kier alpha value is -2.61. The van der Waals surface area contributed by atoms with E-state index in [1.54, 1.807) is 18.2 Å². The number of nitrogens with one attached hydrogen (secondary N) is 1. The first-order chi connectivity index (χ1) is 13.3. The van der Waals surface area contributed by atoms with Crippen molar-refractivity contribution in [1.29, 1.82) is 0 Å². The van der Waals surface area contributed by atoms with Crippen molar-refractivity contribution in [2.75, 3.05) is 12.3 Å². The molecule has 1 aliphatic heterocycles. The minimum absolute atomic E-state index is 0.171. The highest BCUT2D eigenvalue weighted by Gasteiger charge is 2.29. The van der Waals surface area contributed by atoms with E-state index in [1.165, 1.54) is 4.90 Å². The van der Waals surface area contributed by atoms with Crippen LogP contribution in [-0.2, 0) is 17.9 Å². The monoisotopic (exact) mass is 400 g/mol. The number of nitrogens with zero attached hydrogens (tertiary/aromatic N) is 3. The second-order valence-corrected chi connectivity index (χ2v) is 8.09. The number of aryl methyl sites for hydroxylation is 2. The number of imide groups is 1. The molecule has 2 aromatic rings. The number of carbonyl (C=O) groups excluding carboxylic acids is 3. The van der Waals surface area contributed by atoms with Gasteiger partial charge in [-0.05, 0) is 43.5 Å². The maximum absolute atomic E-state index is 12.5. The second kappa shape index (κ2) is 8.60. The second-order valence-electron chi connectivity index (χ2n) is 7.16. The maximum Gasteiger partial charge on any atom is 0.289 e. The number of amides is 3. The summed E-state index contributed by atoms with van der Waals surface area (Å²) >= 11 is 1.01. The quantitative estimate of drug-likeness (QED) is 0.773. The summed E-state index contributed by atoms with van der Waals surface area (Å²) in [5, 5.41) is 7.16. The molecule has 3 rings (SSSR count). The summed E-state index contributed by atoms with van der Waals surface area (Å²) in [5.41, 5.74) is 3.36. The van der Waals surface area contributed by atoms with Gasteiger partial charge in [-0.25, -0.2) is 0 Å². The van der Waals surface area contributed by atoms with Gasteiger partial charge in [-0.1, -0.05) is 30.8 Å².